The molecule has 0 aliphatic carbocycles. The zero-order valence-corrected chi connectivity index (χ0v) is 8.57. The number of rotatable bonds is 3. The van der Waals surface area contributed by atoms with Crippen LogP contribution in [0.2, 0.25) is 0 Å². The maximum Gasteiger partial charge on any atom is 0.243 e. The molecule has 4 nitrogen and oxygen atoms in total. The van der Waals surface area contributed by atoms with Gasteiger partial charge in [-0.05, 0) is 24.6 Å². The summed E-state index contributed by atoms with van der Waals surface area (Å²) in [6.45, 7) is 2.73. The quantitative estimate of drug-likeness (QED) is 0.602. The molecule has 0 aliphatic rings. The van der Waals surface area contributed by atoms with Crippen LogP contribution in [0.4, 0.5) is 5.95 Å². The van der Waals surface area contributed by atoms with Crippen molar-refractivity contribution < 1.29 is 0 Å². The second-order valence-electron chi connectivity index (χ2n) is 3.32. The second-order valence-corrected chi connectivity index (χ2v) is 3.32. The van der Waals surface area contributed by atoms with E-state index in [1.165, 1.54) is 5.56 Å². The average molecular weight is 200 g/mol. The zero-order chi connectivity index (χ0) is 10.7. The van der Waals surface area contributed by atoms with Crippen molar-refractivity contribution in [2.75, 3.05) is 11.9 Å². The fourth-order valence-electron chi connectivity index (χ4n) is 1.30. The van der Waals surface area contributed by atoms with Crippen LogP contribution in [0.25, 0.3) is 5.65 Å². The largest absolute Gasteiger partial charge is 0.352 e. The van der Waals surface area contributed by atoms with Crippen LogP contribution in [-0.4, -0.2) is 21.1 Å². The fraction of sp³-hybridized carbons (Fsp3) is 0.273. The highest BCUT2D eigenvalue weighted by molar-refractivity contribution is 5.45. The summed E-state index contributed by atoms with van der Waals surface area (Å²) in [5, 5.41) is 7.32. The summed E-state index contributed by atoms with van der Waals surface area (Å²) in [6.07, 6.45) is 7.72. The van der Waals surface area contributed by atoms with Gasteiger partial charge in [-0.2, -0.15) is 4.98 Å². The Labute approximate surface area is 88.3 Å². The number of hydrogen-bond acceptors (Lipinski definition) is 3. The first-order valence-corrected chi connectivity index (χ1v) is 4.80. The molecule has 0 spiro atoms. The van der Waals surface area contributed by atoms with Gasteiger partial charge in [0.25, 0.3) is 0 Å². The molecule has 15 heavy (non-hydrogen) atoms. The van der Waals surface area contributed by atoms with Crippen molar-refractivity contribution >= 4 is 11.6 Å². The summed E-state index contributed by atoms with van der Waals surface area (Å²) in [5.41, 5.74) is 2.02. The molecule has 0 bridgehead atoms. The highest BCUT2D eigenvalue weighted by atomic mass is 15.3. The molecule has 4 heteroatoms. The Balaban J connectivity index is 2.20. The third-order valence-corrected chi connectivity index (χ3v) is 2.05. The summed E-state index contributed by atoms with van der Waals surface area (Å²) in [6, 6.07) is 3.98. The molecule has 76 valence electrons. The van der Waals surface area contributed by atoms with Gasteiger partial charge in [-0.3, -0.25) is 0 Å². The minimum atomic E-state index is 0.621. The lowest BCUT2D eigenvalue weighted by Crippen LogP contribution is -2.01. The summed E-state index contributed by atoms with van der Waals surface area (Å²) < 4.78 is 1.74. The zero-order valence-electron chi connectivity index (χ0n) is 8.57. The topological polar surface area (TPSA) is 42.2 Å². The molecule has 1 N–H and O–H groups in total. The van der Waals surface area contributed by atoms with Crippen LogP contribution in [0.1, 0.15) is 12.0 Å². The molecule has 0 aliphatic heterocycles. The molecule has 0 aromatic carbocycles. The van der Waals surface area contributed by atoms with Gasteiger partial charge in [-0.1, -0.05) is 0 Å². The Kier molecular flexibility index (Phi) is 2.55. The highest BCUT2D eigenvalue weighted by Gasteiger charge is 2.01. The van der Waals surface area contributed by atoms with Gasteiger partial charge in [0.15, 0.2) is 5.65 Å². The van der Waals surface area contributed by atoms with Crippen molar-refractivity contribution in [1.29, 1.82) is 0 Å². The van der Waals surface area contributed by atoms with Gasteiger partial charge >= 0.3 is 0 Å². The predicted molar refractivity (Wildman–Crippen MR) is 59.7 cm³/mol. The number of nitrogens with zero attached hydrogens (tertiary/aromatic N) is 3. The first-order valence-electron chi connectivity index (χ1n) is 4.80. The predicted octanol–water partition coefficient (Wildman–Crippen LogP) is 1.47. The van der Waals surface area contributed by atoms with Crippen molar-refractivity contribution in [3.8, 4) is 12.3 Å². The van der Waals surface area contributed by atoms with Crippen LogP contribution in [0.3, 0.4) is 0 Å². The van der Waals surface area contributed by atoms with E-state index in [1.54, 1.807) is 4.52 Å². The molecule has 0 atom stereocenters. The molecule has 2 aromatic heterocycles. The van der Waals surface area contributed by atoms with Gasteiger partial charge in [0, 0.05) is 19.2 Å². The maximum atomic E-state index is 5.15. The van der Waals surface area contributed by atoms with E-state index in [1.807, 2.05) is 25.3 Å². The molecular weight excluding hydrogens is 188 g/mol. The second kappa shape index (κ2) is 4.01. The average Bonchev–Trinajstić information content (AvgIpc) is 2.60. The molecule has 2 aromatic rings. The van der Waals surface area contributed by atoms with Gasteiger partial charge in [-0.25, -0.2) is 4.52 Å². The monoisotopic (exact) mass is 200 g/mol. The van der Waals surface area contributed by atoms with E-state index in [2.05, 4.69) is 21.3 Å². The number of pyridine rings is 1. The Morgan fingerprint density at radius 1 is 1.60 bits per heavy atom. The highest BCUT2D eigenvalue weighted by Crippen LogP contribution is 2.07. The van der Waals surface area contributed by atoms with Crippen LogP contribution in [0, 0.1) is 19.3 Å². The van der Waals surface area contributed by atoms with Gasteiger partial charge in [0.2, 0.25) is 5.95 Å². The minimum Gasteiger partial charge on any atom is -0.352 e. The molecule has 0 amide bonds. The number of hydrogen-bond donors (Lipinski definition) is 1. The Morgan fingerprint density at radius 3 is 3.27 bits per heavy atom. The third kappa shape index (κ3) is 2.08. The normalized spacial score (nSPS) is 10.1. The first-order chi connectivity index (χ1) is 7.29. The standard InChI is InChI=1S/C11H12N4/c1-3-4-6-12-11-13-10-8-9(2)5-7-15(10)14-11/h1,5,7-8H,4,6H2,2H3,(H,12,14). The maximum absolute atomic E-state index is 5.15. The van der Waals surface area contributed by atoms with Crippen molar-refractivity contribution in [1.82, 2.24) is 14.6 Å². The van der Waals surface area contributed by atoms with Crippen molar-refractivity contribution in [3.05, 3.63) is 23.9 Å². The minimum absolute atomic E-state index is 0.621. The summed E-state index contributed by atoms with van der Waals surface area (Å²) in [7, 11) is 0. The first kappa shape index (κ1) is 9.53. The summed E-state index contributed by atoms with van der Waals surface area (Å²) >= 11 is 0. The molecule has 0 saturated carbocycles. The number of aromatic nitrogens is 3. The molecule has 0 radical (unpaired) electrons. The van der Waals surface area contributed by atoms with Crippen molar-refractivity contribution in [2.24, 2.45) is 0 Å². The van der Waals surface area contributed by atoms with Crippen molar-refractivity contribution in [2.45, 2.75) is 13.3 Å². The number of fused-ring (bicyclic) bond motifs is 1. The lowest BCUT2D eigenvalue weighted by molar-refractivity contribution is 0.945. The van der Waals surface area contributed by atoms with E-state index in [0.717, 1.165) is 5.65 Å². The van der Waals surface area contributed by atoms with E-state index in [-0.39, 0.29) is 0 Å². The van der Waals surface area contributed by atoms with Gasteiger partial charge < -0.3 is 5.32 Å². The van der Waals surface area contributed by atoms with Crippen LogP contribution in [0.5, 0.6) is 0 Å². The molecule has 0 fully saturated rings. The van der Waals surface area contributed by atoms with E-state index in [0.29, 0.717) is 18.9 Å². The summed E-state index contributed by atoms with van der Waals surface area (Å²) in [5.74, 6) is 3.18. The number of aryl methyl sites for hydroxylation is 1. The van der Waals surface area contributed by atoms with Gasteiger partial charge in [-0.15, -0.1) is 17.4 Å². The lowest BCUT2D eigenvalue weighted by atomic mass is 10.3. The molecule has 2 heterocycles. The molecule has 2 rings (SSSR count). The smallest absolute Gasteiger partial charge is 0.243 e. The lowest BCUT2D eigenvalue weighted by Gasteiger charge is -1.94. The Bertz CT molecular complexity index is 507. The molecule has 0 unspecified atom stereocenters. The molecular formula is C11H12N4. The number of anilines is 1. The van der Waals surface area contributed by atoms with Crippen molar-refractivity contribution in [3.63, 3.8) is 0 Å². The Morgan fingerprint density at radius 2 is 2.47 bits per heavy atom. The van der Waals surface area contributed by atoms with Gasteiger partial charge in [0.05, 0.1) is 0 Å². The van der Waals surface area contributed by atoms with Gasteiger partial charge in [0.1, 0.15) is 0 Å². The van der Waals surface area contributed by atoms with Crippen LogP contribution < -0.4 is 5.32 Å². The number of terminal acetylenes is 1. The van der Waals surface area contributed by atoms with Crippen LogP contribution >= 0.6 is 0 Å². The SMILES string of the molecule is C#CCCNc1nc2cc(C)ccn2n1. The molecule has 0 saturated heterocycles. The number of nitrogens with one attached hydrogen (secondary N) is 1. The van der Waals surface area contributed by atoms with E-state index >= 15 is 0 Å². The van der Waals surface area contributed by atoms with E-state index < -0.39 is 0 Å². The van der Waals surface area contributed by atoms with E-state index in [4.69, 9.17) is 6.42 Å². The summed E-state index contributed by atoms with van der Waals surface area (Å²) in [4.78, 5) is 4.32. The van der Waals surface area contributed by atoms with E-state index in [9.17, 15) is 0 Å². The fourth-order valence-corrected chi connectivity index (χ4v) is 1.30. The van der Waals surface area contributed by atoms with Crippen LogP contribution in [0.15, 0.2) is 18.3 Å². The third-order valence-electron chi connectivity index (χ3n) is 2.05. The van der Waals surface area contributed by atoms with Crippen LogP contribution in [-0.2, 0) is 0 Å². The Hall–Kier alpha value is -2.02.